The van der Waals surface area contributed by atoms with Gasteiger partial charge in [-0.1, -0.05) is 172 Å². The van der Waals surface area contributed by atoms with E-state index in [0.717, 1.165) is 44.4 Å². The van der Waals surface area contributed by atoms with Gasteiger partial charge in [0.25, 0.3) is 0 Å². The molecule has 9 aromatic carbocycles. The van der Waals surface area contributed by atoms with Gasteiger partial charge in [-0.15, -0.1) is 0 Å². The summed E-state index contributed by atoms with van der Waals surface area (Å²) in [5, 5.41) is 4.45. The Kier molecular flexibility index (Phi) is 7.55. The minimum atomic E-state index is -0.145. The molecule has 1 aliphatic carbocycles. The zero-order valence-corrected chi connectivity index (χ0v) is 31.9. The average Bonchev–Trinajstić information content (AvgIpc) is 3.76. The summed E-state index contributed by atoms with van der Waals surface area (Å²) in [4.78, 5) is 2.44. The Morgan fingerprint density at radius 3 is 1.81 bits per heavy atom. The molecule has 0 saturated heterocycles. The molecule has 0 fully saturated rings. The van der Waals surface area contributed by atoms with Crippen LogP contribution in [0, 0.1) is 0 Å². The maximum atomic E-state index is 6.95. The first-order chi connectivity index (χ1) is 28.0. The number of nitrogens with zero attached hydrogens (tertiary/aromatic N) is 1. The fraction of sp³-hybridized carbons (Fsp3) is 0.0545. The molecule has 11 rings (SSSR count). The van der Waals surface area contributed by atoms with Crippen molar-refractivity contribution in [3.8, 4) is 44.5 Å². The first-order valence-electron chi connectivity index (χ1n) is 19.8. The van der Waals surface area contributed by atoms with Crippen LogP contribution < -0.4 is 4.90 Å². The number of benzene rings is 9. The van der Waals surface area contributed by atoms with Crippen molar-refractivity contribution in [2.24, 2.45) is 0 Å². The van der Waals surface area contributed by atoms with Crippen LogP contribution in [0.1, 0.15) is 25.0 Å². The molecule has 2 heteroatoms. The van der Waals surface area contributed by atoms with E-state index in [1.165, 1.54) is 61.0 Å². The molecule has 10 aromatic rings. The number of fused-ring (bicyclic) bond motifs is 8. The van der Waals surface area contributed by atoms with Crippen LogP contribution in [-0.2, 0) is 5.41 Å². The topological polar surface area (TPSA) is 16.4 Å². The standard InChI is InChI=1S/C55H39NO/c1-55(2)49-28-14-13-26-44(49)45-32-31-40(34-50(45)55)56(39-22-15-21-38(33-39)36-17-5-3-6-18-36)51-29-16-30-52-53(51)48-35-47(43-25-11-12-27-46(43)54(48)57-52)42-24-10-9-23-41(42)37-19-7-4-8-20-37/h3-35H,1-2H3. The molecular formula is C55H39NO. The van der Waals surface area contributed by atoms with Gasteiger partial charge in [-0.25, -0.2) is 0 Å². The summed E-state index contributed by atoms with van der Waals surface area (Å²) < 4.78 is 6.95. The Morgan fingerprint density at radius 2 is 1.00 bits per heavy atom. The van der Waals surface area contributed by atoms with E-state index in [1.54, 1.807) is 0 Å². The van der Waals surface area contributed by atoms with Crippen molar-refractivity contribution >= 4 is 49.8 Å². The van der Waals surface area contributed by atoms with Crippen LogP contribution in [0.15, 0.2) is 205 Å². The average molecular weight is 730 g/mol. The summed E-state index contributed by atoms with van der Waals surface area (Å²) in [6, 6.07) is 72.5. The molecule has 270 valence electrons. The van der Waals surface area contributed by atoms with Crippen LogP contribution in [-0.4, -0.2) is 0 Å². The van der Waals surface area contributed by atoms with Crippen molar-refractivity contribution in [2.75, 3.05) is 4.90 Å². The third kappa shape index (κ3) is 5.25. The molecule has 0 atom stereocenters. The third-order valence-electron chi connectivity index (χ3n) is 12.1. The molecule has 0 saturated carbocycles. The van der Waals surface area contributed by atoms with E-state index in [2.05, 4.69) is 219 Å². The van der Waals surface area contributed by atoms with Gasteiger partial charge >= 0.3 is 0 Å². The lowest BCUT2D eigenvalue weighted by Gasteiger charge is -2.29. The Labute approximate surface area is 332 Å². The molecule has 0 amide bonds. The molecule has 1 aromatic heterocycles. The first-order valence-corrected chi connectivity index (χ1v) is 19.8. The van der Waals surface area contributed by atoms with Gasteiger partial charge in [0.2, 0.25) is 0 Å². The number of hydrogen-bond donors (Lipinski definition) is 0. The lowest BCUT2D eigenvalue weighted by atomic mass is 9.82. The number of rotatable bonds is 6. The second kappa shape index (κ2) is 13.0. The number of hydrogen-bond acceptors (Lipinski definition) is 2. The monoisotopic (exact) mass is 729 g/mol. The SMILES string of the molecule is CC1(C)c2ccccc2-c2ccc(N(c3cccc(-c4ccccc4)c3)c3cccc4oc5c6ccccc6c(-c6ccccc6-c6ccccc6)cc5c34)cc21. The highest BCUT2D eigenvalue weighted by Crippen LogP contribution is 2.52. The normalized spacial score (nSPS) is 12.9. The summed E-state index contributed by atoms with van der Waals surface area (Å²) in [5.74, 6) is 0. The van der Waals surface area contributed by atoms with Crippen LogP contribution in [0.5, 0.6) is 0 Å². The maximum absolute atomic E-state index is 6.95. The quantitative estimate of drug-likeness (QED) is 0.169. The van der Waals surface area contributed by atoms with Crippen LogP contribution in [0.25, 0.3) is 77.2 Å². The molecule has 0 bridgehead atoms. The van der Waals surface area contributed by atoms with E-state index in [9.17, 15) is 0 Å². The van der Waals surface area contributed by atoms with Crippen molar-refractivity contribution in [2.45, 2.75) is 19.3 Å². The summed E-state index contributed by atoms with van der Waals surface area (Å²) in [5.41, 5.74) is 17.3. The zero-order chi connectivity index (χ0) is 38.1. The van der Waals surface area contributed by atoms with Gasteiger partial charge in [-0.2, -0.15) is 0 Å². The fourth-order valence-corrected chi connectivity index (χ4v) is 9.34. The molecule has 57 heavy (non-hydrogen) atoms. The second-order valence-electron chi connectivity index (χ2n) is 15.7. The first kappa shape index (κ1) is 33.2. The van der Waals surface area contributed by atoms with E-state index in [0.29, 0.717) is 0 Å². The maximum Gasteiger partial charge on any atom is 0.143 e. The molecule has 0 N–H and O–H groups in total. The summed E-state index contributed by atoms with van der Waals surface area (Å²) in [6.45, 7) is 4.71. The number of furan rings is 1. The third-order valence-corrected chi connectivity index (χ3v) is 12.1. The zero-order valence-electron chi connectivity index (χ0n) is 31.9. The highest BCUT2D eigenvalue weighted by Gasteiger charge is 2.36. The lowest BCUT2D eigenvalue weighted by Crippen LogP contribution is -2.16. The molecular weight excluding hydrogens is 691 g/mol. The van der Waals surface area contributed by atoms with Crippen molar-refractivity contribution < 1.29 is 4.42 Å². The predicted molar refractivity (Wildman–Crippen MR) is 240 cm³/mol. The van der Waals surface area contributed by atoms with E-state index in [1.807, 2.05) is 0 Å². The fourth-order valence-electron chi connectivity index (χ4n) is 9.34. The van der Waals surface area contributed by atoms with E-state index in [4.69, 9.17) is 4.42 Å². The van der Waals surface area contributed by atoms with Crippen LogP contribution in [0.3, 0.4) is 0 Å². The summed E-state index contributed by atoms with van der Waals surface area (Å²) >= 11 is 0. The van der Waals surface area contributed by atoms with Gasteiger partial charge in [0.1, 0.15) is 11.2 Å². The van der Waals surface area contributed by atoms with Gasteiger partial charge in [-0.05, 0) is 103 Å². The van der Waals surface area contributed by atoms with Gasteiger partial charge in [0.15, 0.2) is 0 Å². The van der Waals surface area contributed by atoms with Gasteiger partial charge < -0.3 is 9.32 Å². The minimum absolute atomic E-state index is 0.145. The van der Waals surface area contributed by atoms with Crippen molar-refractivity contribution in [1.29, 1.82) is 0 Å². The Hall–Kier alpha value is -7.16. The van der Waals surface area contributed by atoms with Crippen LogP contribution in [0.2, 0.25) is 0 Å². The molecule has 1 heterocycles. The predicted octanol–water partition coefficient (Wildman–Crippen LogP) is 15.5. The molecule has 0 unspecified atom stereocenters. The minimum Gasteiger partial charge on any atom is -0.455 e. The second-order valence-corrected chi connectivity index (χ2v) is 15.7. The Balaban J connectivity index is 1.20. The van der Waals surface area contributed by atoms with Gasteiger partial charge in [0, 0.05) is 27.6 Å². The van der Waals surface area contributed by atoms with Crippen LogP contribution >= 0.6 is 0 Å². The molecule has 0 aliphatic heterocycles. The molecule has 0 radical (unpaired) electrons. The van der Waals surface area contributed by atoms with Gasteiger partial charge in [-0.3, -0.25) is 0 Å². The Morgan fingerprint density at radius 1 is 0.386 bits per heavy atom. The molecule has 2 nitrogen and oxygen atoms in total. The molecule has 0 spiro atoms. The summed E-state index contributed by atoms with van der Waals surface area (Å²) in [6.07, 6.45) is 0. The smallest absolute Gasteiger partial charge is 0.143 e. The van der Waals surface area contributed by atoms with Crippen LogP contribution in [0.4, 0.5) is 17.1 Å². The molecule has 1 aliphatic rings. The van der Waals surface area contributed by atoms with E-state index in [-0.39, 0.29) is 5.41 Å². The van der Waals surface area contributed by atoms with Crippen molar-refractivity contribution in [3.05, 3.63) is 211 Å². The largest absolute Gasteiger partial charge is 0.455 e. The highest BCUT2D eigenvalue weighted by molar-refractivity contribution is 6.23. The van der Waals surface area contributed by atoms with E-state index >= 15 is 0 Å². The summed E-state index contributed by atoms with van der Waals surface area (Å²) in [7, 11) is 0. The van der Waals surface area contributed by atoms with Crippen molar-refractivity contribution in [3.63, 3.8) is 0 Å². The van der Waals surface area contributed by atoms with Crippen molar-refractivity contribution in [1.82, 2.24) is 0 Å². The highest BCUT2D eigenvalue weighted by atomic mass is 16.3. The van der Waals surface area contributed by atoms with Gasteiger partial charge in [0.05, 0.1) is 11.1 Å². The number of anilines is 3. The Bertz CT molecular complexity index is 3150. The lowest BCUT2D eigenvalue weighted by molar-refractivity contribution is 0.660. The van der Waals surface area contributed by atoms with E-state index < -0.39 is 0 Å².